The Morgan fingerprint density at radius 2 is 1.01 bits per heavy atom. The highest BCUT2D eigenvalue weighted by molar-refractivity contribution is 7.00. The molecule has 3 heterocycles. The number of furan rings is 1. The molecule has 0 radical (unpaired) electrons. The summed E-state index contributed by atoms with van der Waals surface area (Å²) in [5, 5.41) is 2.27. The van der Waals surface area contributed by atoms with Gasteiger partial charge in [0.1, 0.15) is 11.2 Å². The third kappa shape index (κ3) is 9.31. The maximum Gasteiger partial charge on any atom is 0.252 e. The molecule has 0 saturated carbocycles. The van der Waals surface area contributed by atoms with Gasteiger partial charge >= 0.3 is 0 Å². The average molecular weight is 1170 g/mol. The zero-order valence-corrected chi connectivity index (χ0v) is 55.0. The highest BCUT2D eigenvalue weighted by atomic mass is 16.3. The van der Waals surface area contributed by atoms with Gasteiger partial charge in [-0.15, -0.1) is 0 Å². The van der Waals surface area contributed by atoms with Gasteiger partial charge in [-0.05, 0) is 203 Å². The first kappa shape index (κ1) is 57.4. The SMILES string of the molecule is CC(C)(C)c1ccc(N(c2ccc3c(c2)N(c2ccc(-c4cccc5oc6ccccc6c45)cc2)c2cc(C(C)(C)C)cc4c2B3c2ccc(C(C)(C)C)cc2N4c2ccc3c(c2)C(C)(C)c2ccccc2-3)c2ccc(C(C)(C)C)cc2C2=CC=CCC2)cc1. The Hall–Kier alpha value is -9.06. The summed E-state index contributed by atoms with van der Waals surface area (Å²) in [6, 6.07) is 77.2. The Kier molecular flexibility index (Phi) is 13.1. The van der Waals surface area contributed by atoms with Crippen molar-refractivity contribution in [3.05, 3.63) is 257 Å². The fraction of sp³-hybridized carbons (Fsp3) is 0.247. The van der Waals surface area contributed by atoms with Crippen LogP contribution >= 0.6 is 0 Å². The molecule has 0 fully saturated rings. The third-order valence-corrected chi connectivity index (χ3v) is 20.2. The predicted octanol–water partition coefficient (Wildman–Crippen LogP) is 22.0. The minimum absolute atomic E-state index is 0.0104. The van der Waals surface area contributed by atoms with E-state index in [0.717, 1.165) is 68.7 Å². The molecule has 1 aromatic heterocycles. The molecule has 10 aromatic carbocycles. The molecule has 90 heavy (non-hydrogen) atoms. The van der Waals surface area contributed by atoms with Gasteiger partial charge in [-0.1, -0.05) is 224 Å². The van der Waals surface area contributed by atoms with Crippen LogP contribution in [0.4, 0.5) is 51.2 Å². The summed E-state index contributed by atoms with van der Waals surface area (Å²) in [5.74, 6) is 0. The number of nitrogens with zero attached hydrogens (tertiary/aromatic N) is 3. The molecule has 4 aliphatic rings. The van der Waals surface area contributed by atoms with Crippen molar-refractivity contribution in [3.63, 3.8) is 0 Å². The lowest BCUT2D eigenvalue weighted by molar-refractivity contribution is 0.589. The topological polar surface area (TPSA) is 22.9 Å². The molecule has 2 aliphatic heterocycles. The molecular formula is C85H82BN3O. The molecule has 0 saturated heterocycles. The average Bonchev–Trinajstić information content (AvgIpc) is 0.776. The Bertz CT molecular complexity index is 4790. The summed E-state index contributed by atoms with van der Waals surface area (Å²) in [4.78, 5) is 7.82. The molecule has 0 bridgehead atoms. The van der Waals surface area contributed by atoms with Crippen molar-refractivity contribution in [2.24, 2.45) is 0 Å². The summed E-state index contributed by atoms with van der Waals surface area (Å²) in [5.41, 5.74) is 31.2. The number of fused-ring (bicyclic) bond motifs is 10. The first-order valence-corrected chi connectivity index (χ1v) is 32.7. The van der Waals surface area contributed by atoms with E-state index in [4.69, 9.17) is 4.42 Å². The molecule has 2 aliphatic carbocycles. The Morgan fingerprint density at radius 1 is 0.444 bits per heavy atom. The molecule has 0 N–H and O–H groups in total. The zero-order valence-electron chi connectivity index (χ0n) is 55.0. The molecule has 0 spiro atoms. The van der Waals surface area contributed by atoms with E-state index in [1.54, 1.807) is 0 Å². The first-order valence-electron chi connectivity index (χ1n) is 32.7. The zero-order chi connectivity index (χ0) is 62.6. The molecule has 446 valence electrons. The second-order valence-corrected chi connectivity index (χ2v) is 30.5. The number of hydrogen-bond donors (Lipinski definition) is 0. The lowest BCUT2D eigenvalue weighted by Gasteiger charge is -2.46. The van der Waals surface area contributed by atoms with Crippen LogP contribution in [0.2, 0.25) is 0 Å². The number of allylic oxidation sites excluding steroid dienone is 4. The lowest BCUT2D eigenvalue weighted by atomic mass is 9.33. The Balaban J connectivity index is 1.01. The van der Waals surface area contributed by atoms with Crippen LogP contribution in [0.1, 0.15) is 149 Å². The second kappa shape index (κ2) is 20.5. The van der Waals surface area contributed by atoms with Crippen molar-refractivity contribution in [2.45, 2.75) is 137 Å². The van der Waals surface area contributed by atoms with Crippen LogP contribution in [0.5, 0.6) is 0 Å². The maximum absolute atomic E-state index is 6.48. The van der Waals surface area contributed by atoms with Crippen molar-refractivity contribution in [1.82, 2.24) is 0 Å². The van der Waals surface area contributed by atoms with E-state index < -0.39 is 0 Å². The van der Waals surface area contributed by atoms with Gasteiger partial charge in [0.2, 0.25) is 0 Å². The number of rotatable bonds is 7. The van der Waals surface area contributed by atoms with Crippen molar-refractivity contribution in [3.8, 4) is 22.3 Å². The van der Waals surface area contributed by atoms with Crippen molar-refractivity contribution in [2.75, 3.05) is 14.7 Å². The molecule has 5 heteroatoms. The number of hydrogen-bond acceptors (Lipinski definition) is 4. The van der Waals surface area contributed by atoms with Crippen LogP contribution in [0, 0.1) is 0 Å². The molecule has 0 atom stereocenters. The van der Waals surface area contributed by atoms with E-state index >= 15 is 0 Å². The molecule has 15 rings (SSSR count). The van der Waals surface area contributed by atoms with Crippen molar-refractivity contribution in [1.29, 1.82) is 0 Å². The fourth-order valence-electron chi connectivity index (χ4n) is 15.0. The fourth-order valence-corrected chi connectivity index (χ4v) is 15.0. The second-order valence-electron chi connectivity index (χ2n) is 30.5. The molecule has 11 aromatic rings. The summed E-state index contributed by atoms with van der Waals surface area (Å²) in [7, 11) is 0. The van der Waals surface area contributed by atoms with Gasteiger partial charge in [-0.3, -0.25) is 0 Å². The minimum atomic E-state index is -0.208. The van der Waals surface area contributed by atoms with Gasteiger partial charge in [0.15, 0.2) is 0 Å². The quantitative estimate of drug-likeness (QED) is 0.148. The maximum atomic E-state index is 6.48. The number of benzene rings is 10. The van der Waals surface area contributed by atoms with E-state index in [1.807, 2.05) is 0 Å². The van der Waals surface area contributed by atoms with Crippen LogP contribution in [0.15, 0.2) is 223 Å². The molecule has 0 amide bonds. The summed E-state index contributed by atoms with van der Waals surface area (Å²) in [6.07, 6.45) is 8.90. The van der Waals surface area contributed by atoms with Gasteiger partial charge < -0.3 is 19.1 Å². The van der Waals surface area contributed by atoms with Crippen LogP contribution in [0.25, 0.3) is 49.8 Å². The highest BCUT2D eigenvalue weighted by Crippen LogP contribution is 2.54. The van der Waals surface area contributed by atoms with E-state index in [0.29, 0.717) is 0 Å². The standard InChI is InChI=1S/C85H82BN3O/c1-81(2,3)55-33-39-59(40-34-55)87(72-46-36-56(82(4,5)6)47-67(72)53-23-16-15-17-24-53)62-42-45-71-74(52-62)88(60-37-31-54(32-38-60)63-27-22-30-78-79(63)66-26-19-21-29-77(66)90-78)75-49-58(84(10,11)12)50-76-80(75)86(71)70-44-35-57(83(7,8)9)48-73(70)89(76)61-41-43-65-64-25-18-20-28-68(64)85(13,14)69(65)51-61/h15-16,18-23,25-52H,17,24H2,1-14H3. The monoisotopic (exact) mass is 1170 g/mol. The summed E-state index contributed by atoms with van der Waals surface area (Å²) >= 11 is 0. The lowest BCUT2D eigenvalue weighted by Crippen LogP contribution is -2.61. The van der Waals surface area contributed by atoms with Crippen molar-refractivity contribution >= 4 is 102 Å². The minimum Gasteiger partial charge on any atom is -0.456 e. The smallest absolute Gasteiger partial charge is 0.252 e. The largest absolute Gasteiger partial charge is 0.456 e. The van der Waals surface area contributed by atoms with Gasteiger partial charge in [0.25, 0.3) is 6.71 Å². The van der Waals surface area contributed by atoms with Gasteiger partial charge in [-0.2, -0.15) is 0 Å². The third-order valence-electron chi connectivity index (χ3n) is 20.2. The molecule has 4 nitrogen and oxygen atoms in total. The summed E-state index contributed by atoms with van der Waals surface area (Å²) in [6.45, 7) is 32.8. The van der Waals surface area contributed by atoms with Gasteiger partial charge in [-0.25, -0.2) is 0 Å². The predicted molar refractivity (Wildman–Crippen MR) is 387 cm³/mol. The molecular weight excluding hydrogens is 1090 g/mol. The van der Waals surface area contributed by atoms with Gasteiger partial charge in [0, 0.05) is 67.2 Å². The normalized spacial score (nSPS) is 15.0. The van der Waals surface area contributed by atoms with Crippen LogP contribution in [-0.4, -0.2) is 6.71 Å². The highest BCUT2D eigenvalue weighted by Gasteiger charge is 2.46. The Labute approximate surface area is 534 Å². The van der Waals surface area contributed by atoms with Crippen LogP contribution in [-0.2, 0) is 27.1 Å². The number of anilines is 9. The van der Waals surface area contributed by atoms with E-state index in [1.165, 1.54) is 100 Å². The Morgan fingerprint density at radius 3 is 1.71 bits per heavy atom. The molecule has 0 unspecified atom stereocenters. The van der Waals surface area contributed by atoms with E-state index in [2.05, 4.69) is 330 Å². The summed E-state index contributed by atoms with van der Waals surface area (Å²) < 4.78 is 6.48. The first-order chi connectivity index (χ1) is 42.9. The van der Waals surface area contributed by atoms with E-state index in [9.17, 15) is 0 Å². The van der Waals surface area contributed by atoms with Crippen molar-refractivity contribution < 1.29 is 4.42 Å². The van der Waals surface area contributed by atoms with Crippen LogP contribution < -0.4 is 31.1 Å². The number of para-hydroxylation sites is 1. The van der Waals surface area contributed by atoms with Crippen LogP contribution in [0.3, 0.4) is 0 Å². The van der Waals surface area contributed by atoms with E-state index in [-0.39, 0.29) is 33.8 Å². The van der Waals surface area contributed by atoms with Gasteiger partial charge in [0.05, 0.1) is 5.69 Å².